The Morgan fingerprint density at radius 3 is 2.77 bits per heavy atom. The van der Waals surface area contributed by atoms with Gasteiger partial charge in [0.1, 0.15) is 12.1 Å². The molecule has 4 rings (SSSR count). The zero-order chi connectivity index (χ0) is 21.3. The molecule has 4 atom stereocenters. The molecule has 2 aliphatic heterocycles. The fourth-order valence-corrected chi connectivity index (χ4v) is 3.97. The van der Waals surface area contributed by atoms with Crippen molar-refractivity contribution in [3.05, 3.63) is 59.9 Å². The molecule has 0 spiro atoms. The molecule has 2 fully saturated rings. The number of halogens is 1. The first kappa shape index (κ1) is 20.3. The van der Waals surface area contributed by atoms with Crippen molar-refractivity contribution in [3.63, 3.8) is 0 Å². The van der Waals surface area contributed by atoms with E-state index < -0.39 is 35.8 Å². The molecule has 8 nitrogen and oxygen atoms in total. The highest BCUT2D eigenvalue weighted by atomic mass is 19.1. The molecule has 2 heterocycles. The van der Waals surface area contributed by atoms with Crippen LogP contribution in [0.5, 0.6) is 5.75 Å². The van der Waals surface area contributed by atoms with Crippen molar-refractivity contribution in [1.82, 2.24) is 15.8 Å². The second-order valence-corrected chi connectivity index (χ2v) is 7.40. The number of hydrogen-bond acceptors (Lipinski definition) is 6. The maximum Gasteiger partial charge on any atom is 0.239 e. The van der Waals surface area contributed by atoms with E-state index in [4.69, 9.17) is 4.74 Å². The summed E-state index contributed by atoms with van der Waals surface area (Å²) in [5, 5.41) is 18.0. The van der Waals surface area contributed by atoms with E-state index in [0.29, 0.717) is 13.1 Å². The molecule has 2 amide bonds. The number of carbonyl (C=O) groups excluding carboxylic acids is 2. The average molecular weight is 414 g/mol. The molecule has 0 saturated carbocycles. The van der Waals surface area contributed by atoms with Crippen molar-refractivity contribution in [2.75, 3.05) is 19.0 Å². The van der Waals surface area contributed by atoms with Crippen LogP contribution in [0, 0.1) is 17.7 Å². The van der Waals surface area contributed by atoms with Crippen molar-refractivity contribution in [3.8, 4) is 5.75 Å². The number of piperidine rings is 1. The van der Waals surface area contributed by atoms with Gasteiger partial charge < -0.3 is 20.5 Å². The summed E-state index contributed by atoms with van der Waals surface area (Å²) in [5.41, 5.74) is 4.42. The second-order valence-electron chi connectivity index (χ2n) is 7.40. The lowest BCUT2D eigenvalue weighted by molar-refractivity contribution is -0.146. The van der Waals surface area contributed by atoms with Crippen LogP contribution in [0.1, 0.15) is 5.56 Å². The molecule has 2 aromatic rings. The quantitative estimate of drug-likeness (QED) is 0.541. The van der Waals surface area contributed by atoms with E-state index in [1.165, 1.54) is 19.2 Å². The number of anilines is 1. The van der Waals surface area contributed by atoms with Crippen LogP contribution in [0.15, 0.2) is 48.5 Å². The van der Waals surface area contributed by atoms with E-state index in [2.05, 4.69) is 16.1 Å². The van der Waals surface area contributed by atoms with Gasteiger partial charge in [0, 0.05) is 30.8 Å². The van der Waals surface area contributed by atoms with E-state index in [0.717, 1.165) is 11.6 Å². The first-order valence-electron chi connectivity index (χ1n) is 9.65. The number of benzene rings is 2. The average Bonchev–Trinajstić information content (AvgIpc) is 3.11. The topological polar surface area (TPSA) is 103 Å². The van der Waals surface area contributed by atoms with Gasteiger partial charge >= 0.3 is 0 Å². The third-order valence-corrected chi connectivity index (χ3v) is 5.52. The van der Waals surface area contributed by atoms with E-state index in [-0.39, 0.29) is 17.4 Å². The van der Waals surface area contributed by atoms with Crippen LogP contribution in [-0.2, 0) is 16.1 Å². The van der Waals surface area contributed by atoms with Crippen LogP contribution in [0.25, 0.3) is 0 Å². The van der Waals surface area contributed by atoms with Gasteiger partial charge in [-0.3, -0.25) is 15.0 Å². The first-order valence-corrected chi connectivity index (χ1v) is 9.65. The number of fused-ring (bicyclic) bond motifs is 1. The molecule has 2 saturated heterocycles. The number of aliphatic hydroxyl groups excluding tert-OH is 1. The highest BCUT2D eigenvalue weighted by molar-refractivity contribution is 6.07. The van der Waals surface area contributed by atoms with Gasteiger partial charge in [0.15, 0.2) is 11.6 Å². The summed E-state index contributed by atoms with van der Waals surface area (Å²) in [6.45, 7) is 0.955. The molecule has 0 aromatic heterocycles. The lowest BCUT2D eigenvalue weighted by atomic mass is 9.84. The molecular weight excluding hydrogens is 391 g/mol. The summed E-state index contributed by atoms with van der Waals surface area (Å²) in [7, 11) is 1.34. The molecule has 30 heavy (non-hydrogen) atoms. The molecule has 0 aliphatic carbocycles. The largest absolute Gasteiger partial charge is 0.494 e. The number of nitrogens with zero attached hydrogens (tertiary/aromatic N) is 1. The van der Waals surface area contributed by atoms with Gasteiger partial charge in [0.2, 0.25) is 11.8 Å². The van der Waals surface area contributed by atoms with Gasteiger partial charge in [-0.25, -0.2) is 9.40 Å². The van der Waals surface area contributed by atoms with Crippen LogP contribution >= 0.6 is 0 Å². The van der Waals surface area contributed by atoms with Crippen molar-refractivity contribution in [2.45, 2.75) is 18.8 Å². The Hall–Kier alpha value is -3.01. The second kappa shape index (κ2) is 8.39. The van der Waals surface area contributed by atoms with Crippen molar-refractivity contribution in [1.29, 1.82) is 0 Å². The Morgan fingerprint density at radius 2 is 2.07 bits per heavy atom. The predicted molar refractivity (Wildman–Crippen MR) is 106 cm³/mol. The van der Waals surface area contributed by atoms with Crippen molar-refractivity contribution < 1.29 is 23.8 Å². The van der Waals surface area contributed by atoms with Crippen LogP contribution < -0.4 is 20.8 Å². The molecular formula is C21H23FN4O4. The molecule has 4 N–H and O–H groups in total. The van der Waals surface area contributed by atoms with Gasteiger partial charge in [0.05, 0.1) is 13.2 Å². The normalized spacial score (nSPS) is 26.0. The third-order valence-electron chi connectivity index (χ3n) is 5.52. The number of nitrogens with one attached hydrogen (secondary N) is 3. The maximum atomic E-state index is 13.9. The van der Waals surface area contributed by atoms with Gasteiger partial charge in [-0.05, 0) is 17.7 Å². The Kier molecular flexibility index (Phi) is 5.67. The Bertz CT molecular complexity index is 942. The smallest absolute Gasteiger partial charge is 0.239 e. The van der Waals surface area contributed by atoms with Gasteiger partial charge in [-0.2, -0.15) is 0 Å². The predicted octanol–water partition coefficient (Wildman–Crippen LogP) is 0.842. The zero-order valence-corrected chi connectivity index (χ0v) is 16.3. The van der Waals surface area contributed by atoms with Crippen LogP contribution in [0.4, 0.5) is 10.1 Å². The van der Waals surface area contributed by atoms with E-state index in [1.54, 1.807) is 0 Å². The highest BCUT2D eigenvalue weighted by Gasteiger charge is 2.51. The van der Waals surface area contributed by atoms with Crippen LogP contribution in [-0.4, -0.2) is 47.9 Å². The zero-order valence-electron chi connectivity index (χ0n) is 16.3. The molecule has 158 valence electrons. The maximum absolute atomic E-state index is 13.9. The minimum Gasteiger partial charge on any atom is -0.494 e. The minimum atomic E-state index is -1.30. The summed E-state index contributed by atoms with van der Waals surface area (Å²) in [4.78, 5) is 25.4. The summed E-state index contributed by atoms with van der Waals surface area (Å²) >= 11 is 0. The standard InChI is InChI=1S/C21H23FN4O4/c1-30-16-8-7-13(9-15(16)22)24-20(28)17-18(27)14-10-23-26(19(14)25-21(17)29)11-12-5-3-2-4-6-12/h2-9,14,17-19,23,27H,10-11H2,1H3,(H,24,28)(H,25,29). The number of ether oxygens (including phenoxy) is 1. The molecule has 0 radical (unpaired) electrons. The first-order chi connectivity index (χ1) is 14.5. The summed E-state index contributed by atoms with van der Waals surface area (Å²) in [5.74, 6) is -3.52. The molecule has 0 bridgehead atoms. The fraction of sp³-hybridized carbons (Fsp3) is 0.333. The number of methoxy groups -OCH3 is 1. The third kappa shape index (κ3) is 3.87. The number of rotatable bonds is 5. The number of hydrogen-bond donors (Lipinski definition) is 4. The highest BCUT2D eigenvalue weighted by Crippen LogP contribution is 2.30. The molecule has 2 aromatic carbocycles. The van der Waals surface area contributed by atoms with Crippen molar-refractivity contribution >= 4 is 17.5 Å². The summed E-state index contributed by atoms with van der Waals surface area (Å²) < 4.78 is 18.7. The fourth-order valence-electron chi connectivity index (χ4n) is 3.97. The number of carbonyl (C=O) groups is 2. The lowest BCUT2D eigenvalue weighted by Gasteiger charge is -2.38. The Balaban J connectivity index is 1.45. The van der Waals surface area contributed by atoms with Gasteiger partial charge in [0.25, 0.3) is 0 Å². The Morgan fingerprint density at radius 1 is 1.30 bits per heavy atom. The van der Waals surface area contributed by atoms with E-state index in [9.17, 15) is 19.1 Å². The number of aliphatic hydroxyl groups is 1. The molecule has 9 heteroatoms. The van der Waals surface area contributed by atoms with E-state index >= 15 is 0 Å². The number of hydrazine groups is 1. The molecule has 2 aliphatic rings. The van der Waals surface area contributed by atoms with Gasteiger partial charge in [-0.1, -0.05) is 30.3 Å². The van der Waals surface area contributed by atoms with Crippen LogP contribution in [0.3, 0.4) is 0 Å². The lowest BCUT2D eigenvalue weighted by Crippen LogP contribution is -2.62. The van der Waals surface area contributed by atoms with Crippen molar-refractivity contribution in [2.24, 2.45) is 11.8 Å². The molecule has 4 unspecified atom stereocenters. The Labute approximate surface area is 173 Å². The summed E-state index contributed by atoms with van der Waals surface area (Å²) in [6.07, 6.45) is -1.62. The monoisotopic (exact) mass is 414 g/mol. The number of amides is 2. The summed E-state index contributed by atoms with van der Waals surface area (Å²) in [6, 6.07) is 13.7. The SMILES string of the molecule is COc1ccc(NC(=O)C2C(=O)NC3C(CNN3Cc3ccccc3)C2O)cc1F. The van der Waals surface area contributed by atoms with Crippen LogP contribution in [0.2, 0.25) is 0 Å². The van der Waals surface area contributed by atoms with E-state index in [1.807, 2.05) is 35.3 Å². The van der Waals surface area contributed by atoms with Gasteiger partial charge in [-0.15, -0.1) is 0 Å². The minimum absolute atomic E-state index is 0.0434.